The molecule has 1 N–H and O–H groups in total. The largest absolute Gasteiger partial charge is 0.390 e. The number of aromatic nitrogens is 2. The highest BCUT2D eigenvalue weighted by molar-refractivity contribution is 7.90. The van der Waals surface area contributed by atoms with Crippen molar-refractivity contribution in [1.29, 1.82) is 0 Å². The Morgan fingerprint density at radius 1 is 1.24 bits per heavy atom. The van der Waals surface area contributed by atoms with E-state index in [9.17, 15) is 13.5 Å². The maximum absolute atomic E-state index is 12.5. The van der Waals surface area contributed by atoms with E-state index in [1.165, 1.54) is 6.20 Å². The van der Waals surface area contributed by atoms with E-state index < -0.39 is 9.84 Å². The number of hydrogen-bond acceptors (Lipinski definition) is 4. The second-order valence-corrected chi connectivity index (χ2v) is 6.82. The van der Waals surface area contributed by atoms with E-state index in [4.69, 9.17) is 0 Å². The van der Waals surface area contributed by atoms with Crippen LogP contribution in [-0.2, 0) is 28.7 Å². The Balaban J connectivity index is 2.33. The first-order valence-corrected chi connectivity index (χ1v) is 8.65. The Morgan fingerprint density at radius 2 is 1.95 bits per heavy atom. The van der Waals surface area contributed by atoms with Crippen LogP contribution >= 0.6 is 0 Å². The SMILES string of the molecule is CCCCn1c(CO)cnc1S(=O)(=O)Cc1ccccc1. The molecule has 0 atom stereocenters. The van der Waals surface area contributed by atoms with Crippen LogP contribution in [0, 0.1) is 0 Å². The molecule has 0 spiro atoms. The lowest BCUT2D eigenvalue weighted by atomic mass is 10.2. The van der Waals surface area contributed by atoms with E-state index in [1.807, 2.05) is 25.1 Å². The van der Waals surface area contributed by atoms with Crippen LogP contribution in [0.4, 0.5) is 0 Å². The highest BCUT2D eigenvalue weighted by Gasteiger charge is 2.23. The third kappa shape index (κ3) is 3.71. The van der Waals surface area contributed by atoms with Gasteiger partial charge in [-0.15, -0.1) is 0 Å². The molecule has 114 valence electrons. The van der Waals surface area contributed by atoms with Gasteiger partial charge in [0.05, 0.1) is 24.3 Å². The summed E-state index contributed by atoms with van der Waals surface area (Å²) in [6, 6.07) is 9.04. The van der Waals surface area contributed by atoms with Gasteiger partial charge in [0.2, 0.25) is 15.0 Å². The van der Waals surface area contributed by atoms with Gasteiger partial charge in [0.25, 0.3) is 0 Å². The Morgan fingerprint density at radius 3 is 2.57 bits per heavy atom. The van der Waals surface area contributed by atoms with Crippen LogP contribution in [0.25, 0.3) is 0 Å². The topological polar surface area (TPSA) is 72.2 Å². The van der Waals surface area contributed by atoms with Crippen LogP contribution in [0.3, 0.4) is 0 Å². The van der Waals surface area contributed by atoms with E-state index in [2.05, 4.69) is 4.98 Å². The molecule has 0 aliphatic rings. The van der Waals surface area contributed by atoms with Gasteiger partial charge in [-0.1, -0.05) is 43.7 Å². The van der Waals surface area contributed by atoms with Crippen LogP contribution in [-0.4, -0.2) is 23.1 Å². The van der Waals surface area contributed by atoms with Gasteiger partial charge in [0.15, 0.2) is 0 Å². The normalized spacial score (nSPS) is 11.7. The zero-order valence-electron chi connectivity index (χ0n) is 12.1. The van der Waals surface area contributed by atoms with E-state index >= 15 is 0 Å². The number of benzene rings is 1. The lowest BCUT2D eigenvalue weighted by Gasteiger charge is -2.10. The van der Waals surface area contributed by atoms with Crippen molar-refractivity contribution < 1.29 is 13.5 Å². The van der Waals surface area contributed by atoms with Gasteiger partial charge >= 0.3 is 0 Å². The summed E-state index contributed by atoms with van der Waals surface area (Å²) in [5.41, 5.74) is 1.27. The van der Waals surface area contributed by atoms with Crippen molar-refractivity contribution in [2.45, 2.75) is 43.8 Å². The van der Waals surface area contributed by atoms with Gasteiger partial charge in [-0.3, -0.25) is 0 Å². The molecule has 21 heavy (non-hydrogen) atoms. The Kier molecular flexibility index (Phi) is 5.14. The quantitative estimate of drug-likeness (QED) is 0.850. The van der Waals surface area contributed by atoms with Gasteiger partial charge in [-0.05, 0) is 12.0 Å². The molecule has 0 radical (unpaired) electrons. The zero-order valence-corrected chi connectivity index (χ0v) is 12.9. The molecule has 2 rings (SSSR count). The molecular weight excluding hydrogens is 288 g/mol. The molecule has 1 aromatic carbocycles. The number of hydrogen-bond donors (Lipinski definition) is 1. The van der Waals surface area contributed by atoms with Crippen molar-refractivity contribution in [1.82, 2.24) is 9.55 Å². The monoisotopic (exact) mass is 308 g/mol. The first kappa shape index (κ1) is 15.7. The number of imidazole rings is 1. The summed E-state index contributed by atoms with van der Waals surface area (Å²) in [6.07, 6.45) is 3.23. The van der Waals surface area contributed by atoms with Crippen LogP contribution in [0.5, 0.6) is 0 Å². The summed E-state index contributed by atoms with van der Waals surface area (Å²) < 4.78 is 26.7. The number of aliphatic hydroxyl groups excluding tert-OH is 1. The van der Waals surface area contributed by atoms with E-state index in [0.29, 0.717) is 12.2 Å². The fourth-order valence-corrected chi connectivity index (χ4v) is 3.70. The summed E-state index contributed by atoms with van der Waals surface area (Å²) in [6.45, 7) is 2.38. The fraction of sp³-hybridized carbons (Fsp3) is 0.400. The van der Waals surface area contributed by atoms with Crippen molar-refractivity contribution in [2.75, 3.05) is 0 Å². The average molecular weight is 308 g/mol. The van der Waals surface area contributed by atoms with Crippen molar-refractivity contribution in [3.63, 3.8) is 0 Å². The second kappa shape index (κ2) is 6.87. The molecule has 1 heterocycles. The number of sulfone groups is 1. The van der Waals surface area contributed by atoms with Gasteiger partial charge in [-0.2, -0.15) is 0 Å². The maximum atomic E-state index is 12.5. The minimum absolute atomic E-state index is 0.0452. The van der Waals surface area contributed by atoms with Crippen molar-refractivity contribution in [3.8, 4) is 0 Å². The number of unbranched alkanes of at least 4 members (excludes halogenated alkanes) is 1. The van der Waals surface area contributed by atoms with Crippen molar-refractivity contribution >= 4 is 9.84 Å². The molecule has 0 fully saturated rings. The highest BCUT2D eigenvalue weighted by Crippen LogP contribution is 2.18. The molecule has 0 bridgehead atoms. The Labute approximate surface area is 125 Å². The fourth-order valence-electron chi connectivity index (χ4n) is 2.18. The third-order valence-electron chi connectivity index (χ3n) is 3.28. The number of rotatable bonds is 7. The maximum Gasteiger partial charge on any atom is 0.228 e. The lowest BCUT2D eigenvalue weighted by Crippen LogP contribution is -2.15. The van der Waals surface area contributed by atoms with Crippen LogP contribution in [0.2, 0.25) is 0 Å². The average Bonchev–Trinajstić information content (AvgIpc) is 2.89. The van der Waals surface area contributed by atoms with Gasteiger partial charge in [0.1, 0.15) is 0 Å². The molecule has 6 heteroatoms. The lowest BCUT2D eigenvalue weighted by molar-refractivity contribution is 0.268. The van der Waals surface area contributed by atoms with Gasteiger partial charge < -0.3 is 9.67 Å². The van der Waals surface area contributed by atoms with Gasteiger partial charge in [-0.25, -0.2) is 13.4 Å². The molecule has 2 aromatic rings. The molecule has 0 unspecified atom stereocenters. The van der Waals surface area contributed by atoms with Gasteiger partial charge in [0, 0.05) is 6.54 Å². The molecule has 0 aliphatic carbocycles. The highest BCUT2D eigenvalue weighted by atomic mass is 32.2. The molecule has 5 nitrogen and oxygen atoms in total. The first-order chi connectivity index (χ1) is 10.1. The predicted molar refractivity (Wildman–Crippen MR) is 80.4 cm³/mol. The summed E-state index contributed by atoms with van der Waals surface area (Å²) in [4.78, 5) is 4.02. The van der Waals surface area contributed by atoms with E-state index in [0.717, 1.165) is 18.4 Å². The van der Waals surface area contributed by atoms with Crippen LogP contribution in [0.1, 0.15) is 31.0 Å². The summed E-state index contributed by atoms with van der Waals surface area (Å²) in [7, 11) is -3.52. The molecule has 0 amide bonds. The smallest absolute Gasteiger partial charge is 0.228 e. The predicted octanol–water partition coefficient (Wildman–Crippen LogP) is 2.15. The molecule has 0 aliphatic heterocycles. The van der Waals surface area contributed by atoms with Crippen LogP contribution in [0.15, 0.2) is 41.7 Å². The zero-order chi connectivity index (χ0) is 15.3. The number of aliphatic hydroxyl groups is 1. The first-order valence-electron chi connectivity index (χ1n) is 7.00. The van der Waals surface area contributed by atoms with Crippen LogP contribution < -0.4 is 0 Å². The summed E-state index contributed by atoms with van der Waals surface area (Å²) in [5, 5.41) is 9.38. The Bertz CT molecular complexity index is 678. The third-order valence-corrected chi connectivity index (χ3v) is 4.87. The van der Waals surface area contributed by atoms with Crippen molar-refractivity contribution in [3.05, 3.63) is 47.8 Å². The minimum atomic E-state index is -3.52. The molecule has 0 saturated carbocycles. The van der Waals surface area contributed by atoms with E-state index in [1.54, 1.807) is 16.7 Å². The molecular formula is C15H20N2O3S. The standard InChI is InChI=1S/C15H20N2O3S/c1-2-3-9-17-14(11-18)10-16-15(17)21(19,20)12-13-7-5-4-6-8-13/h4-8,10,18H,2-3,9,11-12H2,1H3. The minimum Gasteiger partial charge on any atom is -0.390 e. The summed E-state index contributed by atoms with van der Waals surface area (Å²) in [5.74, 6) is -0.0815. The second-order valence-electron chi connectivity index (χ2n) is 4.94. The van der Waals surface area contributed by atoms with E-state index in [-0.39, 0.29) is 17.5 Å². The molecule has 0 saturated heterocycles. The summed E-state index contributed by atoms with van der Waals surface area (Å²) >= 11 is 0. The van der Waals surface area contributed by atoms with Crippen molar-refractivity contribution in [2.24, 2.45) is 0 Å². The molecule has 1 aromatic heterocycles. The number of nitrogens with zero attached hydrogens (tertiary/aromatic N) is 2. The Hall–Kier alpha value is -1.66.